The second-order valence-electron chi connectivity index (χ2n) is 3.40. The van der Waals surface area contributed by atoms with Crippen molar-refractivity contribution in [1.29, 1.82) is 0 Å². The summed E-state index contributed by atoms with van der Waals surface area (Å²) in [6.07, 6.45) is 0. The number of rotatable bonds is 1. The minimum atomic E-state index is -0.172. The van der Waals surface area contributed by atoms with Gasteiger partial charge in [0.25, 0.3) is 5.91 Å². The van der Waals surface area contributed by atoms with E-state index < -0.39 is 0 Å². The zero-order valence-corrected chi connectivity index (χ0v) is 7.86. The Labute approximate surface area is 67.9 Å². The van der Waals surface area contributed by atoms with Crippen LogP contribution in [0.15, 0.2) is 4.99 Å². The van der Waals surface area contributed by atoms with Crippen LogP contribution in [0.1, 0.15) is 20.8 Å². The summed E-state index contributed by atoms with van der Waals surface area (Å²) in [6.45, 7) is 5.89. The summed E-state index contributed by atoms with van der Waals surface area (Å²) in [4.78, 5) is 15.1. The third-order valence-electron chi connectivity index (χ3n) is 1.38. The lowest BCUT2D eigenvalue weighted by Gasteiger charge is -2.19. The molecule has 1 N–H and O–H groups in total. The monoisotopic (exact) mass is 156 g/mol. The molecule has 0 spiro atoms. The van der Waals surface area contributed by atoms with Gasteiger partial charge in [0.2, 0.25) is 0 Å². The number of hydrogen-bond donors (Lipinski definition) is 1. The van der Waals surface area contributed by atoms with Gasteiger partial charge in [-0.15, -0.1) is 0 Å². The number of nitrogens with zero attached hydrogens (tertiary/aromatic N) is 1. The molecule has 0 radical (unpaired) electrons. The molecule has 11 heavy (non-hydrogen) atoms. The fourth-order valence-electron chi connectivity index (χ4n) is 0.896. The highest BCUT2D eigenvalue weighted by Gasteiger charge is 2.23. The molecule has 0 aliphatic carbocycles. The Balaban J connectivity index is 4.58. The largest absolute Gasteiger partial charge is 0.354 e. The molecule has 1 amide bonds. The molecule has 0 heterocycles. The lowest BCUT2D eigenvalue weighted by atomic mass is 9.89. The summed E-state index contributed by atoms with van der Waals surface area (Å²) in [5.74, 6) is -0.0972. The second kappa shape index (κ2) is 3.51. The summed E-state index contributed by atoms with van der Waals surface area (Å²) in [5, 5.41) is 2.55. The zero-order chi connectivity index (χ0) is 9.07. The second-order valence-corrected chi connectivity index (χ2v) is 3.40. The number of amides is 1. The molecule has 0 rings (SSSR count). The predicted octanol–water partition coefficient (Wildman–Crippen LogP) is 0.849. The first-order chi connectivity index (χ1) is 4.93. The van der Waals surface area contributed by atoms with Gasteiger partial charge >= 0.3 is 0 Å². The van der Waals surface area contributed by atoms with Crippen molar-refractivity contribution in [2.75, 3.05) is 14.1 Å². The van der Waals surface area contributed by atoms with Crippen LogP contribution in [0.25, 0.3) is 0 Å². The van der Waals surface area contributed by atoms with Crippen LogP contribution in [-0.4, -0.2) is 25.7 Å². The molecule has 0 saturated heterocycles. The van der Waals surface area contributed by atoms with Gasteiger partial charge in [-0.3, -0.25) is 9.79 Å². The summed E-state index contributed by atoms with van der Waals surface area (Å²) < 4.78 is 0. The lowest BCUT2D eigenvalue weighted by molar-refractivity contribution is -0.114. The number of nitrogens with one attached hydrogen (secondary N) is 1. The van der Waals surface area contributed by atoms with E-state index in [-0.39, 0.29) is 11.3 Å². The first kappa shape index (κ1) is 10.1. The number of aliphatic imine (C=N–C) groups is 1. The molecular weight excluding hydrogens is 140 g/mol. The van der Waals surface area contributed by atoms with Crippen LogP contribution in [-0.2, 0) is 4.79 Å². The molecule has 0 atom stereocenters. The molecule has 0 aliphatic heterocycles. The van der Waals surface area contributed by atoms with Crippen molar-refractivity contribution >= 4 is 11.6 Å². The van der Waals surface area contributed by atoms with Gasteiger partial charge in [0.15, 0.2) is 0 Å². The van der Waals surface area contributed by atoms with Crippen molar-refractivity contribution in [3.63, 3.8) is 0 Å². The van der Waals surface area contributed by atoms with Crippen LogP contribution >= 0.6 is 0 Å². The van der Waals surface area contributed by atoms with E-state index in [0.29, 0.717) is 5.71 Å². The lowest BCUT2D eigenvalue weighted by Crippen LogP contribution is -2.36. The van der Waals surface area contributed by atoms with Crippen molar-refractivity contribution in [3.05, 3.63) is 0 Å². The maximum absolute atomic E-state index is 11.1. The van der Waals surface area contributed by atoms with Gasteiger partial charge in [-0.25, -0.2) is 0 Å². The maximum Gasteiger partial charge on any atom is 0.265 e. The van der Waals surface area contributed by atoms with E-state index in [4.69, 9.17) is 0 Å². The molecular formula is C8H16N2O. The molecule has 0 fully saturated rings. The van der Waals surface area contributed by atoms with Gasteiger partial charge in [0, 0.05) is 19.5 Å². The molecule has 0 saturated carbocycles. The Morgan fingerprint density at radius 2 is 1.82 bits per heavy atom. The van der Waals surface area contributed by atoms with E-state index in [1.807, 2.05) is 20.8 Å². The molecule has 0 aliphatic rings. The highest BCUT2D eigenvalue weighted by atomic mass is 16.1. The minimum Gasteiger partial charge on any atom is -0.354 e. The maximum atomic E-state index is 11.1. The molecule has 0 aromatic carbocycles. The molecule has 3 nitrogen and oxygen atoms in total. The van der Waals surface area contributed by atoms with Crippen molar-refractivity contribution < 1.29 is 4.79 Å². The van der Waals surface area contributed by atoms with Gasteiger partial charge in [-0.2, -0.15) is 0 Å². The van der Waals surface area contributed by atoms with Crippen LogP contribution in [0.2, 0.25) is 0 Å². The SMILES string of the molecule is CN=C(C(=O)NC)C(C)(C)C. The van der Waals surface area contributed by atoms with E-state index in [2.05, 4.69) is 10.3 Å². The standard InChI is InChI=1S/C8H16N2O/c1-8(2,3)6(9-4)7(11)10-5/h1-5H3,(H,10,11). The Bertz CT molecular complexity index is 177. The summed E-state index contributed by atoms with van der Waals surface area (Å²) in [7, 11) is 3.25. The van der Waals surface area contributed by atoms with E-state index in [1.165, 1.54) is 0 Å². The number of carbonyl (C=O) groups excluding carboxylic acids is 1. The van der Waals surface area contributed by atoms with Crippen LogP contribution in [0, 0.1) is 5.41 Å². The molecule has 0 aromatic heterocycles. The smallest absolute Gasteiger partial charge is 0.265 e. The van der Waals surface area contributed by atoms with Gasteiger partial charge in [-0.05, 0) is 0 Å². The molecule has 3 heteroatoms. The minimum absolute atomic E-state index is 0.0972. The first-order valence-electron chi connectivity index (χ1n) is 3.62. The third-order valence-corrected chi connectivity index (χ3v) is 1.38. The predicted molar refractivity (Wildman–Crippen MR) is 46.9 cm³/mol. The summed E-state index contributed by atoms with van der Waals surface area (Å²) in [5.41, 5.74) is 0.412. The van der Waals surface area contributed by atoms with Crippen LogP contribution in [0.3, 0.4) is 0 Å². The Kier molecular flexibility index (Phi) is 3.23. The molecule has 0 bridgehead atoms. The fraction of sp³-hybridized carbons (Fsp3) is 0.750. The molecule has 0 unspecified atom stereocenters. The van der Waals surface area contributed by atoms with Gasteiger partial charge in [-0.1, -0.05) is 20.8 Å². The normalized spacial score (nSPS) is 13.0. The van der Waals surface area contributed by atoms with Crippen LogP contribution < -0.4 is 5.32 Å². The van der Waals surface area contributed by atoms with E-state index in [0.717, 1.165) is 0 Å². The van der Waals surface area contributed by atoms with Crippen molar-refractivity contribution in [2.45, 2.75) is 20.8 Å². The van der Waals surface area contributed by atoms with Crippen molar-refractivity contribution in [2.24, 2.45) is 10.4 Å². The zero-order valence-electron chi connectivity index (χ0n) is 7.86. The van der Waals surface area contributed by atoms with Crippen molar-refractivity contribution in [1.82, 2.24) is 5.32 Å². The summed E-state index contributed by atoms with van der Waals surface area (Å²) in [6, 6.07) is 0. The quantitative estimate of drug-likeness (QED) is 0.562. The van der Waals surface area contributed by atoms with Gasteiger partial charge < -0.3 is 5.32 Å². The molecule has 64 valence electrons. The average molecular weight is 156 g/mol. The average Bonchev–Trinajstić information content (AvgIpc) is 1.86. The first-order valence-corrected chi connectivity index (χ1v) is 3.62. The van der Waals surface area contributed by atoms with Crippen molar-refractivity contribution in [3.8, 4) is 0 Å². The Hall–Kier alpha value is -0.860. The van der Waals surface area contributed by atoms with Gasteiger partial charge in [0.05, 0.1) is 0 Å². The third kappa shape index (κ3) is 2.70. The topological polar surface area (TPSA) is 41.5 Å². The van der Waals surface area contributed by atoms with E-state index in [9.17, 15) is 4.79 Å². The van der Waals surface area contributed by atoms with Crippen LogP contribution in [0.5, 0.6) is 0 Å². The fourth-order valence-corrected chi connectivity index (χ4v) is 0.896. The van der Waals surface area contributed by atoms with Gasteiger partial charge in [0.1, 0.15) is 5.71 Å². The number of carbonyl (C=O) groups is 1. The van der Waals surface area contributed by atoms with E-state index in [1.54, 1.807) is 14.1 Å². The highest BCUT2D eigenvalue weighted by molar-refractivity contribution is 6.40. The highest BCUT2D eigenvalue weighted by Crippen LogP contribution is 2.15. The molecule has 0 aromatic rings. The number of hydrogen-bond acceptors (Lipinski definition) is 2. The van der Waals surface area contributed by atoms with E-state index >= 15 is 0 Å². The Morgan fingerprint density at radius 3 is 1.91 bits per heavy atom. The van der Waals surface area contributed by atoms with Crippen LogP contribution in [0.4, 0.5) is 0 Å². The summed E-state index contributed by atoms with van der Waals surface area (Å²) >= 11 is 0. The Morgan fingerprint density at radius 1 is 1.36 bits per heavy atom.